The van der Waals surface area contributed by atoms with E-state index in [1.807, 2.05) is 19.0 Å². The average molecular weight is 794 g/mol. The van der Waals surface area contributed by atoms with Gasteiger partial charge in [-0.2, -0.15) is 0 Å². The van der Waals surface area contributed by atoms with Crippen molar-refractivity contribution in [3.8, 4) is 0 Å². The van der Waals surface area contributed by atoms with Gasteiger partial charge in [-0.3, -0.25) is 18.6 Å². The smallest absolute Gasteiger partial charge is 0.462 e. The molecule has 0 aliphatic heterocycles. The highest BCUT2D eigenvalue weighted by Crippen LogP contribution is 2.43. The van der Waals surface area contributed by atoms with Crippen molar-refractivity contribution >= 4 is 19.8 Å². The van der Waals surface area contributed by atoms with Crippen LogP contribution in [0.4, 0.5) is 0 Å². The molecule has 0 aromatic rings. The normalized spacial score (nSPS) is 14.0. The standard InChI is InChI=1S/C45H80NO8P/c1-5-7-9-11-13-15-17-19-21-22-24-25-27-29-31-33-35-37-44(47)51-41-43(42-53-55(49,50)52-40-39-46(3)4)54-45(48)38-36-34-32-30-28-26-23-20-18-16-14-12-10-8-6-2/h13-16,19-21,23-25,43H,5-12,17-18,22,26-42H2,1-4H3,(H,49,50)/b15-13-,16-14-,21-19-,23-20-,25-24-. The van der Waals surface area contributed by atoms with Crippen molar-refractivity contribution in [2.45, 2.75) is 174 Å². The number of carbonyl (C=O) groups excluding carboxylic acids is 2. The maximum atomic E-state index is 12.6. The first kappa shape index (κ1) is 52.7. The minimum absolute atomic E-state index is 0.00195. The highest BCUT2D eigenvalue weighted by molar-refractivity contribution is 7.47. The van der Waals surface area contributed by atoms with Gasteiger partial charge in [-0.05, 0) is 97.6 Å². The molecule has 0 amide bonds. The first-order valence-electron chi connectivity index (χ1n) is 21.6. The van der Waals surface area contributed by atoms with E-state index in [-0.39, 0.29) is 26.1 Å². The summed E-state index contributed by atoms with van der Waals surface area (Å²) in [5, 5.41) is 0. The second-order valence-electron chi connectivity index (χ2n) is 14.5. The van der Waals surface area contributed by atoms with E-state index in [0.717, 1.165) is 77.0 Å². The molecule has 55 heavy (non-hydrogen) atoms. The molecule has 0 heterocycles. The fourth-order valence-electron chi connectivity index (χ4n) is 5.43. The third kappa shape index (κ3) is 41.2. The van der Waals surface area contributed by atoms with E-state index in [0.29, 0.717) is 19.4 Å². The lowest BCUT2D eigenvalue weighted by Gasteiger charge is -2.20. The Labute approximate surface area is 336 Å². The van der Waals surface area contributed by atoms with E-state index in [1.165, 1.54) is 51.4 Å². The van der Waals surface area contributed by atoms with Crippen molar-refractivity contribution in [1.29, 1.82) is 0 Å². The highest BCUT2D eigenvalue weighted by atomic mass is 31.2. The monoisotopic (exact) mass is 794 g/mol. The lowest BCUT2D eigenvalue weighted by atomic mass is 10.1. The van der Waals surface area contributed by atoms with Gasteiger partial charge in [-0.1, -0.05) is 132 Å². The maximum Gasteiger partial charge on any atom is 0.472 e. The number of unbranched alkanes of at least 4 members (excludes halogenated alkanes) is 15. The third-order valence-electron chi connectivity index (χ3n) is 8.80. The van der Waals surface area contributed by atoms with E-state index in [1.54, 1.807) is 0 Å². The lowest BCUT2D eigenvalue weighted by Crippen LogP contribution is -2.29. The molecule has 0 aromatic heterocycles. The number of carbonyl (C=O) groups is 2. The molecule has 0 aromatic carbocycles. The van der Waals surface area contributed by atoms with Crippen LogP contribution >= 0.6 is 7.82 Å². The van der Waals surface area contributed by atoms with Gasteiger partial charge in [-0.25, -0.2) is 4.57 Å². The Morgan fingerprint density at radius 2 is 0.982 bits per heavy atom. The summed E-state index contributed by atoms with van der Waals surface area (Å²) in [7, 11) is -0.736. The molecule has 2 atom stereocenters. The maximum absolute atomic E-state index is 12.6. The summed E-state index contributed by atoms with van der Waals surface area (Å²) >= 11 is 0. The first-order valence-corrected chi connectivity index (χ1v) is 23.1. The summed E-state index contributed by atoms with van der Waals surface area (Å²) in [4.78, 5) is 37.0. The number of rotatable bonds is 39. The minimum Gasteiger partial charge on any atom is -0.462 e. The minimum atomic E-state index is -4.37. The molecular formula is C45H80NO8P. The van der Waals surface area contributed by atoms with Crippen LogP contribution in [0.5, 0.6) is 0 Å². The molecule has 0 bridgehead atoms. The summed E-state index contributed by atoms with van der Waals surface area (Å²) in [6, 6.07) is 0. The number of ether oxygens (including phenoxy) is 2. The van der Waals surface area contributed by atoms with Crippen molar-refractivity contribution in [2.24, 2.45) is 0 Å². The van der Waals surface area contributed by atoms with Gasteiger partial charge in [0.05, 0.1) is 13.2 Å². The molecule has 0 saturated heterocycles. The van der Waals surface area contributed by atoms with Gasteiger partial charge in [-0.15, -0.1) is 0 Å². The van der Waals surface area contributed by atoms with Gasteiger partial charge < -0.3 is 19.3 Å². The Morgan fingerprint density at radius 3 is 1.45 bits per heavy atom. The van der Waals surface area contributed by atoms with Crippen molar-refractivity contribution < 1.29 is 37.6 Å². The van der Waals surface area contributed by atoms with E-state index in [4.69, 9.17) is 18.5 Å². The third-order valence-corrected chi connectivity index (χ3v) is 9.78. The van der Waals surface area contributed by atoms with Crippen molar-refractivity contribution in [3.63, 3.8) is 0 Å². The van der Waals surface area contributed by atoms with Crippen LogP contribution < -0.4 is 0 Å². The Bertz CT molecular complexity index is 1100. The van der Waals surface area contributed by atoms with E-state index in [2.05, 4.69) is 74.6 Å². The van der Waals surface area contributed by atoms with Crippen molar-refractivity contribution in [3.05, 3.63) is 60.8 Å². The molecular weight excluding hydrogens is 713 g/mol. The quantitative estimate of drug-likeness (QED) is 0.0281. The first-order chi connectivity index (χ1) is 26.7. The lowest BCUT2D eigenvalue weighted by molar-refractivity contribution is -0.161. The predicted molar refractivity (Wildman–Crippen MR) is 229 cm³/mol. The van der Waals surface area contributed by atoms with Crippen LogP contribution in [0.1, 0.15) is 168 Å². The SMILES string of the molecule is CCCCC/C=C\C/C=C\C/C=C\CCCCCCC(=O)OCC(COP(=O)(O)OCCN(C)C)OC(=O)CCCCCCC/C=C\C/C=C\CCCCC. The van der Waals surface area contributed by atoms with E-state index in [9.17, 15) is 19.0 Å². The molecule has 1 N–H and O–H groups in total. The summed E-state index contributed by atoms with van der Waals surface area (Å²) in [5.41, 5.74) is 0. The van der Waals surface area contributed by atoms with Crippen LogP contribution in [-0.4, -0.2) is 68.3 Å². The van der Waals surface area contributed by atoms with Gasteiger partial charge >= 0.3 is 19.8 Å². The van der Waals surface area contributed by atoms with Crippen molar-refractivity contribution in [2.75, 3.05) is 40.5 Å². The number of hydrogen-bond donors (Lipinski definition) is 1. The summed E-state index contributed by atoms with van der Waals surface area (Å²) < 4.78 is 33.4. The number of nitrogens with zero attached hydrogens (tertiary/aromatic N) is 1. The largest absolute Gasteiger partial charge is 0.472 e. The van der Waals surface area contributed by atoms with Gasteiger partial charge in [0.25, 0.3) is 0 Å². The molecule has 0 aliphatic carbocycles. The zero-order valence-electron chi connectivity index (χ0n) is 35.3. The van der Waals surface area contributed by atoms with Gasteiger partial charge in [0, 0.05) is 19.4 Å². The van der Waals surface area contributed by atoms with E-state index < -0.39 is 32.5 Å². The predicted octanol–water partition coefficient (Wildman–Crippen LogP) is 12.3. The Balaban J connectivity index is 4.38. The van der Waals surface area contributed by atoms with Gasteiger partial charge in [0.1, 0.15) is 6.61 Å². The van der Waals surface area contributed by atoms with Gasteiger partial charge in [0.2, 0.25) is 0 Å². The van der Waals surface area contributed by atoms with E-state index >= 15 is 0 Å². The molecule has 318 valence electrons. The molecule has 0 spiro atoms. The van der Waals surface area contributed by atoms with Crippen molar-refractivity contribution in [1.82, 2.24) is 4.90 Å². The Hall–Kier alpha value is -2.29. The molecule has 0 rings (SSSR count). The second kappa shape index (κ2) is 39.9. The highest BCUT2D eigenvalue weighted by Gasteiger charge is 2.26. The molecule has 0 radical (unpaired) electrons. The number of likely N-dealkylation sites (N-methyl/N-ethyl adjacent to an activating group) is 1. The van der Waals surface area contributed by atoms with Crippen LogP contribution in [0.25, 0.3) is 0 Å². The number of phosphoric acid groups is 1. The fraction of sp³-hybridized carbons (Fsp3) is 0.733. The number of allylic oxidation sites excluding steroid dienone is 10. The Kier molecular flexibility index (Phi) is 38.3. The molecule has 0 saturated carbocycles. The Morgan fingerprint density at radius 1 is 0.564 bits per heavy atom. The zero-order chi connectivity index (χ0) is 40.5. The van der Waals surface area contributed by atoms with Crippen LogP contribution in [0.3, 0.4) is 0 Å². The molecule has 2 unspecified atom stereocenters. The summed E-state index contributed by atoms with van der Waals surface area (Å²) in [5.74, 6) is -0.848. The number of esters is 2. The summed E-state index contributed by atoms with van der Waals surface area (Å²) in [6.07, 6.45) is 45.4. The molecule has 9 nitrogen and oxygen atoms in total. The molecule has 0 aliphatic rings. The summed E-state index contributed by atoms with van der Waals surface area (Å²) in [6.45, 7) is 4.21. The zero-order valence-corrected chi connectivity index (χ0v) is 36.2. The average Bonchev–Trinajstić information content (AvgIpc) is 3.15. The molecule has 0 fully saturated rings. The number of hydrogen-bond acceptors (Lipinski definition) is 8. The van der Waals surface area contributed by atoms with Crippen LogP contribution in [0.2, 0.25) is 0 Å². The molecule has 10 heteroatoms. The van der Waals surface area contributed by atoms with Crippen LogP contribution in [0, 0.1) is 0 Å². The fourth-order valence-corrected chi connectivity index (χ4v) is 6.17. The van der Waals surface area contributed by atoms with Gasteiger partial charge in [0.15, 0.2) is 6.10 Å². The number of phosphoric ester groups is 1. The topological polar surface area (TPSA) is 112 Å². The van der Waals surface area contributed by atoms with Crippen LogP contribution in [-0.2, 0) is 32.7 Å². The second-order valence-corrected chi connectivity index (χ2v) is 16.0. The van der Waals surface area contributed by atoms with Crippen LogP contribution in [0.15, 0.2) is 60.8 Å².